The molecule has 0 saturated carbocycles. The predicted molar refractivity (Wildman–Crippen MR) is 147 cm³/mol. The fourth-order valence-electron chi connectivity index (χ4n) is 4.23. The number of piperidine rings is 1. The third-order valence-corrected chi connectivity index (χ3v) is 7.38. The van der Waals surface area contributed by atoms with E-state index < -0.39 is 6.67 Å². The monoisotopic (exact) mass is 532 g/mol. The molecule has 1 fully saturated rings. The molecule has 1 amide bonds. The Morgan fingerprint density at radius 1 is 1.05 bits per heavy atom. The number of hydrogen-bond acceptors (Lipinski definition) is 8. The molecule has 0 unspecified atom stereocenters. The number of carbonyl (C=O) groups is 1. The lowest BCUT2D eigenvalue weighted by atomic mass is 10.1. The average Bonchev–Trinajstić information content (AvgIpc) is 3.42. The van der Waals surface area contributed by atoms with Gasteiger partial charge in [0.25, 0.3) is 0 Å². The zero-order valence-corrected chi connectivity index (χ0v) is 21.6. The molecule has 8 nitrogen and oxygen atoms in total. The molecular formula is C28H29FN6O2S. The van der Waals surface area contributed by atoms with E-state index >= 15 is 0 Å². The van der Waals surface area contributed by atoms with Gasteiger partial charge in [0.05, 0.1) is 29.6 Å². The second-order valence-electron chi connectivity index (χ2n) is 9.17. The normalized spacial score (nSPS) is 13.9. The second kappa shape index (κ2) is 12.1. The number of pyridine rings is 2. The molecule has 1 aliphatic heterocycles. The van der Waals surface area contributed by atoms with Gasteiger partial charge in [-0.3, -0.25) is 4.79 Å². The number of rotatable bonds is 9. The smallest absolute Gasteiger partial charge is 0.226 e. The van der Waals surface area contributed by atoms with Gasteiger partial charge in [-0.1, -0.05) is 18.2 Å². The highest BCUT2D eigenvalue weighted by molar-refractivity contribution is 7.15. The molecule has 196 valence electrons. The molecule has 38 heavy (non-hydrogen) atoms. The minimum atomic E-state index is -0.544. The molecular weight excluding hydrogens is 503 g/mol. The minimum absolute atomic E-state index is 0.102. The molecule has 3 N–H and O–H groups in total. The zero-order valence-electron chi connectivity index (χ0n) is 20.8. The van der Waals surface area contributed by atoms with Gasteiger partial charge in [0.1, 0.15) is 23.3 Å². The highest BCUT2D eigenvalue weighted by atomic mass is 32.1. The quantitative estimate of drug-likeness (QED) is 0.280. The summed E-state index contributed by atoms with van der Waals surface area (Å²) in [5, 5.41) is 17.1. The highest BCUT2D eigenvalue weighted by Gasteiger charge is 2.21. The van der Waals surface area contributed by atoms with Crippen molar-refractivity contribution in [2.24, 2.45) is 0 Å². The van der Waals surface area contributed by atoms with Crippen LogP contribution >= 0.6 is 11.3 Å². The first-order valence-electron chi connectivity index (χ1n) is 12.5. The van der Waals surface area contributed by atoms with E-state index in [-0.39, 0.29) is 12.0 Å². The SMILES string of the molecule is O=C(Cc1ccc(NCc2ncc(-c3cccc(Nc4cc(CF)ccn4)n3)s2)cc1)N1CCC(O)CC1. The fourth-order valence-corrected chi connectivity index (χ4v) is 5.06. The van der Waals surface area contributed by atoms with Gasteiger partial charge >= 0.3 is 0 Å². The molecule has 1 aromatic carbocycles. The number of aliphatic hydroxyl groups is 1. The highest BCUT2D eigenvalue weighted by Crippen LogP contribution is 2.27. The number of likely N-dealkylation sites (tertiary alicyclic amines) is 1. The van der Waals surface area contributed by atoms with Crippen LogP contribution in [0.3, 0.4) is 0 Å². The number of alkyl halides is 1. The van der Waals surface area contributed by atoms with E-state index in [0.717, 1.165) is 26.8 Å². The van der Waals surface area contributed by atoms with E-state index in [1.165, 1.54) is 0 Å². The maximum Gasteiger partial charge on any atom is 0.226 e. The van der Waals surface area contributed by atoms with Crippen molar-refractivity contribution < 1.29 is 14.3 Å². The maximum absolute atomic E-state index is 12.9. The van der Waals surface area contributed by atoms with Crippen molar-refractivity contribution in [2.75, 3.05) is 23.7 Å². The van der Waals surface area contributed by atoms with Crippen LogP contribution in [0, 0.1) is 0 Å². The van der Waals surface area contributed by atoms with Gasteiger partial charge in [0.15, 0.2) is 0 Å². The van der Waals surface area contributed by atoms with Crippen LogP contribution in [0.4, 0.5) is 21.7 Å². The van der Waals surface area contributed by atoms with Crippen molar-refractivity contribution in [3.63, 3.8) is 0 Å². The number of aliphatic hydroxyl groups excluding tert-OH is 1. The Balaban J connectivity index is 1.15. The number of halogens is 1. The summed E-state index contributed by atoms with van der Waals surface area (Å²) in [5.41, 5.74) is 3.26. The first kappa shape index (κ1) is 25.7. The van der Waals surface area contributed by atoms with E-state index in [0.29, 0.717) is 56.1 Å². The molecule has 1 saturated heterocycles. The zero-order chi connectivity index (χ0) is 26.3. The minimum Gasteiger partial charge on any atom is -0.393 e. The lowest BCUT2D eigenvalue weighted by molar-refractivity contribution is -0.132. The van der Waals surface area contributed by atoms with Crippen molar-refractivity contribution >= 4 is 34.6 Å². The molecule has 0 aliphatic carbocycles. The van der Waals surface area contributed by atoms with Crippen molar-refractivity contribution in [1.29, 1.82) is 0 Å². The van der Waals surface area contributed by atoms with E-state index in [1.807, 2.05) is 53.6 Å². The van der Waals surface area contributed by atoms with Crippen LogP contribution in [0.15, 0.2) is 67.0 Å². The van der Waals surface area contributed by atoms with Crippen molar-refractivity contribution in [2.45, 2.75) is 38.6 Å². The van der Waals surface area contributed by atoms with Crippen LogP contribution in [-0.2, 0) is 24.4 Å². The van der Waals surface area contributed by atoms with Crippen molar-refractivity contribution in [3.05, 3.63) is 83.1 Å². The average molecular weight is 533 g/mol. The summed E-state index contributed by atoms with van der Waals surface area (Å²) in [7, 11) is 0. The van der Waals surface area contributed by atoms with E-state index in [4.69, 9.17) is 0 Å². The van der Waals surface area contributed by atoms with Crippen LogP contribution in [0.1, 0.15) is 29.0 Å². The molecule has 0 radical (unpaired) electrons. The summed E-state index contributed by atoms with van der Waals surface area (Å²) < 4.78 is 12.9. The summed E-state index contributed by atoms with van der Waals surface area (Å²) in [6.45, 7) is 1.27. The Labute approximate surface area is 224 Å². The molecule has 0 atom stereocenters. The lowest BCUT2D eigenvalue weighted by Crippen LogP contribution is -2.40. The standard InChI is InChI=1S/C28H29FN6O2S/c29-16-20-8-11-30-26(14-20)34-25-3-1-2-23(33-25)24-17-32-27(38-24)18-31-21-6-4-19(5-7-21)15-28(37)35-12-9-22(36)10-13-35/h1-8,11,14,17,22,31,36H,9-10,12-13,15-16,18H2,(H,30,33,34). The van der Waals surface area contributed by atoms with E-state index in [2.05, 4.69) is 25.6 Å². The molecule has 4 heterocycles. The number of nitrogens with zero attached hydrogens (tertiary/aromatic N) is 4. The first-order valence-corrected chi connectivity index (χ1v) is 13.4. The Hall–Kier alpha value is -3.89. The largest absolute Gasteiger partial charge is 0.393 e. The van der Waals surface area contributed by atoms with Crippen LogP contribution in [0.2, 0.25) is 0 Å². The number of nitrogens with one attached hydrogen (secondary N) is 2. The summed E-state index contributed by atoms with van der Waals surface area (Å²) in [6, 6.07) is 16.8. The molecule has 3 aromatic heterocycles. The number of amides is 1. The van der Waals surface area contributed by atoms with Gasteiger partial charge in [-0.2, -0.15) is 0 Å². The summed E-state index contributed by atoms with van der Waals surface area (Å²) in [6.07, 6.45) is 4.76. The molecule has 10 heteroatoms. The summed E-state index contributed by atoms with van der Waals surface area (Å²) >= 11 is 1.56. The van der Waals surface area contributed by atoms with E-state index in [1.54, 1.807) is 29.7 Å². The number of carbonyl (C=O) groups excluding carboxylic acids is 1. The van der Waals surface area contributed by atoms with Crippen LogP contribution in [-0.4, -0.2) is 50.1 Å². The Bertz CT molecular complexity index is 1370. The van der Waals surface area contributed by atoms with Gasteiger partial charge in [0.2, 0.25) is 5.91 Å². The third-order valence-electron chi connectivity index (χ3n) is 6.36. The Morgan fingerprint density at radius 2 is 1.87 bits per heavy atom. The summed E-state index contributed by atoms with van der Waals surface area (Å²) in [5.74, 6) is 1.27. The number of anilines is 3. The molecule has 1 aliphatic rings. The van der Waals surface area contributed by atoms with Crippen LogP contribution in [0.5, 0.6) is 0 Å². The third kappa shape index (κ3) is 6.70. The van der Waals surface area contributed by atoms with Crippen LogP contribution in [0.25, 0.3) is 10.6 Å². The number of aromatic nitrogens is 3. The predicted octanol–water partition coefficient (Wildman–Crippen LogP) is 4.95. The Kier molecular flexibility index (Phi) is 8.20. The van der Waals surface area contributed by atoms with Gasteiger partial charge in [-0.25, -0.2) is 19.3 Å². The number of thiazole rings is 1. The van der Waals surface area contributed by atoms with Gasteiger partial charge in [0, 0.05) is 31.2 Å². The number of hydrogen-bond donors (Lipinski definition) is 3. The molecule has 5 rings (SSSR count). The van der Waals surface area contributed by atoms with Crippen LogP contribution < -0.4 is 10.6 Å². The second-order valence-corrected chi connectivity index (χ2v) is 10.3. The lowest BCUT2D eigenvalue weighted by Gasteiger charge is -2.29. The molecule has 4 aromatic rings. The van der Waals surface area contributed by atoms with Gasteiger partial charge in [-0.05, 0) is 60.4 Å². The fraction of sp³-hybridized carbons (Fsp3) is 0.286. The van der Waals surface area contributed by atoms with Gasteiger partial charge in [-0.15, -0.1) is 11.3 Å². The van der Waals surface area contributed by atoms with Gasteiger partial charge < -0.3 is 20.6 Å². The number of benzene rings is 1. The van der Waals surface area contributed by atoms with Crippen molar-refractivity contribution in [3.8, 4) is 10.6 Å². The van der Waals surface area contributed by atoms with E-state index in [9.17, 15) is 14.3 Å². The molecule has 0 bridgehead atoms. The Morgan fingerprint density at radius 3 is 2.66 bits per heavy atom. The molecule has 0 spiro atoms. The summed E-state index contributed by atoms with van der Waals surface area (Å²) in [4.78, 5) is 28.7. The topological polar surface area (TPSA) is 103 Å². The maximum atomic E-state index is 12.9. The van der Waals surface area contributed by atoms with Crippen molar-refractivity contribution in [1.82, 2.24) is 19.9 Å². The first-order chi connectivity index (χ1) is 18.6.